The van der Waals surface area contributed by atoms with Gasteiger partial charge >= 0.3 is 0 Å². The number of nitrogens with zero attached hydrogens (tertiary/aromatic N) is 2. The third-order valence-corrected chi connectivity index (χ3v) is 5.41. The summed E-state index contributed by atoms with van der Waals surface area (Å²) in [6.45, 7) is 11.9. The molecule has 23 heavy (non-hydrogen) atoms. The van der Waals surface area contributed by atoms with E-state index in [2.05, 4.69) is 41.5 Å². The van der Waals surface area contributed by atoms with Crippen molar-refractivity contribution in [3.05, 3.63) is 53.1 Å². The van der Waals surface area contributed by atoms with Crippen molar-refractivity contribution in [2.75, 3.05) is 37.6 Å². The van der Waals surface area contributed by atoms with Crippen molar-refractivity contribution in [2.45, 2.75) is 26.2 Å². The fourth-order valence-corrected chi connectivity index (χ4v) is 3.79. The molecule has 1 atom stereocenters. The second-order valence-electron chi connectivity index (χ2n) is 6.92. The van der Waals surface area contributed by atoms with Gasteiger partial charge in [0.25, 0.3) is 0 Å². The smallest absolute Gasteiger partial charge is 0.0426 e. The highest BCUT2D eigenvalue weighted by Crippen LogP contribution is 2.29. The predicted molar refractivity (Wildman–Crippen MR) is 100 cm³/mol. The lowest BCUT2D eigenvalue weighted by Crippen LogP contribution is -2.47. The number of hydrogen-bond acceptors (Lipinski definition) is 2. The Bertz CT molecular complexity index is 585. The van der Waals surface area contributed by atoms with Gasteiger partial charge in [-0.3, -0.25) is 4.90 Å². The van der Waals surface area contributed by atoms with Crippen LogP contribution in [0.4, 0.5) is 5.69 Å². The Hall–Kier alpha value is -1.25. The summed E-state index contributed by atoms with van der Waals surface area (Å²) in [7, 11) is 0. The van der Waals surface area contributed by atoms with Crippen LogP contribution in [0, 0.1) is 5.92 Å². The van der Waals surface area contributed by atoms with E-state index in [4.69, 9.17) is 11.6 Å². The molecule has 0 unspecified atom stereocenters. The van der Waals surface area contributed by atoms with E-state index in [0.29, 0.717) is 5.92 Å². The van der Waals surface area contributed by atoms with E-state index in [1.165, 1.54) is 30.5 Å². The maximum absolute atomic E-state index is 6.10. The highest BCUT2D eigenvalue weighted by molar-refractivity contribution is 6.30. The van der Waals surface area contributed by atoms with Crippen LogP contribution >= 0.6 is 11.6 Å². The van der Waals surface area contributed by atoms with Crippen molar-refractivity contribution in [2.24, 2.45) is 5.92 Å². The molecule has 3 heteroatoms. The van der Waals surface area contributed by atoms with Crippen LogP contribution in [0.5, 0.6) is 0 Å². The Morgan fingerprint density at radius 2 is 2.04 bits per heavy atom. The first-order chi connectivity index (χ1) is 11.1. The number of halogens is 1. The second-order valence-corrected chi connectivity index (χ2v) is 7.36. The molecule has 1 heterocycles. The average molecular weight is 331 g/mol. The Kier molecular flexibility index (Phi) is 5.45. The third-order valence-electron chi connectivity index (χ3n) is 5.17. The molecule has 1 aliphatic heterocycles. The van der Waals surface area contributed by atoms with Gasteiger partial charge in [-0.05, 0) is 50.3 Å². The summed E-state index contributed by atoms with van der Waals surface area (Å²) >= 11 is 6.10. The molecular formula is C20H27ClN2. The van der Waals surface area contributed by atoms with Crippen molar-refractivity contribution in [1.29, 1.82) is 0 Å². The minimum absolute atomic E-state index is 0.707. The highest BCUT2D eigenvalue weighted by atomic mass is 35.5. The van der Waals surface area contributed by atoms with Crippen LogP contribution in [0.15, 0.2) is 48.1 Å². The molecule has 0 amide bonds. The topological polar surface area (TPSA) is 6.48 Å². The van der Waals surface area contributed by atoms with Gasteiger partial charge in [0.1, 0.15) is 0 Å². The van der Waals surface area contributed by atoms with Crippen molar-refractivity contribution in [3.8, 4) is 0 Å². The largest absolute Gasteiger partial charge is 0.369 e. The molecule has 0 radical (unpaired) electrons. The van der Waals surface area contributed by atoms with Crippen molar-refractivity contribution >= 4 is 17.3 Å². The van der Waals surface area contributed by atoms with Crippen LogP contribution in [-0.2, 0) is 0 Å². The van der Waals surface area contributed by atoms with Crippen molar-refractivity contribution in [1.82, 2.24) is 4.90 Å². The Balaban J connectivity index is 1.49. The maximum Gasteiger partial charge on any atom is 0.0426 e. The molecule has 1 saturated heterocycles. The normalized spacial score (nSPS) is 22.8. The Morgan fingerprint density at radius 1 is 1.26 bits per heavy atom. The molecular weight excluding hydrogens is 304 g/mol. The maximum atomic E-state index is 6.10. The summed E-state index contributed by atoms with van der Waals surface area (Å²) in [5.74, 6) is 0.707. The molecule has 3 rings (SSSR count). The van der Waals surface area contributed by atoms with Gasteiger partial charge in [0.15, 0.2) is 0 Å². The average Bonchev–Trinajstić information content (AvgIpc) is 2.56. The lowest BCUT2D eigenvalue weighted by molar-refractivity contribution is 0.273. The minimum atomic E-state index is 0.707. The number of allylic oxidation sites excluding steroid dienone is 2. The summed E-state index contributed by atoms with van der Waals surface area (Å²) in [5, 5.41) is 0.823. The van der Waals surface area contributed by atoms with Gasteiger partial charge in [-0.15, -0.1) is 0 Å². The fraction of sp³-hybridized carbons (Fsp3) is 0.500. The Morgan fingerprint density at radius 3 is 2.65 bits per heavy atom. The van der Waals surface area contributed by atoms with E-state index in [-0.39, 0.29) is 0 Å². The van der Waals surface area contributed by atoms with Gasteiger partial charge in [0.05, 0.1) is 0 Å². The molecule has 0 saturated carbocycles. The molecule has 1 aromatic carbocycles. The molecule has 0 bridgehead atoms. The van der Waals surface area contributed by atoms with Crippen molar-refractivity contribution in [3.63, 3.8) is 0 Å². The van der Waals surface area contributed by atoms with Gasteiger partial charge in [-0.1, -0.05) is 41.5 Å². The number of anilines is 1. The van der Waals surface area contributed by atoms with Crippen LogP contribution in [0.3, 0.4) is 0 Å². The van der Waals surface area contributed by atoms with Crippen molar-refractivity contribution < 1.29 is 0 Å². The zero-order chi connectivity index (χ0) is 16.2. The quantitative estimate of drug-likeness (QED) is 0.734. The molecule has 2 nitrogen and oxygen atoms in total. The van der Waals surface area contributed by atoms with E-state index in [1.54, 1.807) is 5.57 Å². The highest BCUT2D eigenvalue weighted by Gasteiger charge is 2.20. The van der Waals surface area contributed by atoms with E-state index in [0.717, 1.165) is 37.7 Å². The van der Waals surface area contributed by atoms with Gasteiger partial charge < -0.3 is 4.90 Å². The summed E-state index contributed by atoms with van der Waals surface area (Å²) in [6, 6.07) is 8.20. The molecule has 2 aliphatic rings. The molecule has 0 N–H and O–H groups in total. The van der Waals surface area contributed by atoms with E-state index >= 15 is 0 Å². The summed E-state index contributed by atoms with van der Waals surface area (Å²) in [4.78, 5) is 5.03. The number of benzene rings is 1. The third kappa shape index (κ3) is 4.39. The van der Waals surface area contributed by atoms with Gasteiger partial charge in [-0.25, -0.2) is 0 Å². The molecule has 124 valence electrons. The summed E-state index contributed by atoms with van der Waals surface area (Å²) in [6.07, 6.45) is 6.18. The molecule has 1 aromatic rings. The van der Waals surface area contributed by atoms with Gasteiger partial charge in [-0.2, -0.15) is 0 Å². The first kappa shape index (κ1) is 16.6. The summed E-state index contributed by atoms with van der Waals surface area (Å²) in [5.41, 5.74) is 4.22. The number of rotatable bonds is 4. The van der Waals surface area contributed by atoms with Gasteiger partial charge in [0.2, 0.25) is 0 Å². The van der Waals surface area contributed by atoms with Crippen LogP contribution in [-0.4, -0.2) is 37.6 Å². The van der Waals surface area contributed by atoms with Gasteiger partial charge in [0, 0.05) is 43.4 Å². The second kappa shape index (κ2) is 7.55. The monoisotopic (exact) mass is 330 g/mol. The fourth-order valence-electron chi connectivity index (χ4n) is 3.60. The molecule has 0 aromatic heterocycles. The molecule has 0 spiro atoms. The van der Waals surface area contributed by atoms with E-state index < -0.39 is 0 Å². The van der Waals surface area contributed by atoms with Crippen LogP contribution in [0.25, 0.3) is 0 Å². The first-order valence-corrected chi connectivity index (χ1v) is 9.06. The lowest BCUT2D eigenvalue weighted by Gasteiger charge is -2.37. The Labute approximate surface area is 145 Å². The summed E-state index contributed by atoms with van der Waals surface area (Å²) < 4.78 is 0. The molecule has 1 fully saturated rings. The first-order valence-electron chi connectivity index (χ1n) is 8.68. The minimum Gasteiger partial charge on any atom is -0.369 e. The van der Waals surface area contributed by atoms with E-state index in [9.17, 15) is 0 Å². The SMILES string of the molecule is C=C(C)[C@H]1CC=C(CN2CCN(c3cccc(Cl)c3)CC2)CC1. The zero-order valence-corrected chi connectivity index (χ0v) is 14.9. The lowest BCUT2D eigenvalue weighted by atomic mass is 9.85. The van der Waals surface area contributed by atoms with E-state index in [1.807, 2.05) is 12.1 Å². The zero-order valence-electron chi connectivity index (χ0n) is 14.1. The van der Waals surface area contributed by atoms with Crippen LogP contribution in [0.1, 0.15) is 26.2 Å². The van der Waals surface area contributed by atoms with Crippen LogP contribution < -0.4 is 4.90 Å². The number of hydrogen-bond donors (Lipinski definition) is 0. The molecule has 1 aliphatic carbocycles. The number of piperazine rings is 1. The van der Waals surface area contributed by atoms with Crippen LogP contribution in [0.2, 0.25) is 5.02 Å². The standard InChI is InChI=1S/C20H27ClN2/c1-16(2)18-8-6-17(7-9-18)15-22-10-12-23(13-11-22)20-5-3-4-19(21)14-20/h3-6,14,18H,1,7-13,15H2,2H3/t18-/m0/s1. The predicted octanol–water partition coefficient (Wildman–Crippen LogP) is 4.76.